The number of fused-ring (bicyclic) bond motifs is 2. The van der Waals surface area contributed by atoms with Crippen LogP contribution >= 0.6 is 12.4 Å². The van der Waals surface area contributed by atoms with Crippen molar-refractivity contribution < 1.29 is 42.8 Å². The van der Waals surface area contributed by atoms with Gasteiger partial charge in [0.15, 0.2) is 23.1 Å². The monoisotopic (exact) mass is 840 g/mol. The lowest BCUT2D eigenvalue weighted by Crippen LogP contribution is -2.53. The van der Waals surface area contributed by atoms with Gasteiger partial charge in [0.1, 0.15) is 24.3 Å². The van der Waals surface area contributed by atoms with Crippen LogP contribution < -0.4 is 30.3 Å². The second-order valence-corrected chi connectivity index (χ2v) is 13.2. The Labute approximate surface area is 349 Å². The lowest BCUT2D eigenvalue weighted by atomic mass is 10.1. The average Bonchev–Trinajstić information content (AvgIpc) is 3.90. The maximum atomic E-state index is 12.9. The summed E-state index contributed by atoms with van der Waals surface area (Å²) in [5, 5.41) is 18.3. The zero-order chi connectivity index (χ0) is 42.1. The third-order valence-electron chi connectivity index (χ3n) is 8.96. The minimum absolute atomic E-state index is 0. The van der Waals surface area contributed by atoms with E-state index >= 15 is 0 Å². The maximum absolute atomic E-state index is 12.9. The fraction of sp³-hybridized carbons (Fsp3) is 0.250. The van der Waals surface area contributed by atoms with Gasteiger partial charge in [-0.1, -0.05) is 65.8 Å². The largest absolute Gasteiger partial charge is 0.485 e. The van der Waals surface area contributed by atoms with E-state index in [1.807, 2.05) is 60.7 Å². The molecule has 0 saturated heterocycles. The third-order valence-corrected chi connectivity index (χ3v) is 8.96. The first-order valence-electron chi connectivity index (χ1n) is 18.2. The van der Waals surface area contributed by atoms with Crippen LogP contribution in [0.2, 0.25) is 0 Å². The van der Waals surface area contributed by atoms with Crippen molar-refractivity contribution in [3.8, 4) is 11.5 Å². The number of halogens is 1. The number of hydrogen-bond acceptors (Lipinski definition) is 15. The van der Waals surface area contributed by atoms with Crippen molar-refractivity contribution >= 4 is 47.7 Å². The van der Waals surface area contributed by atoms with Crippen molar-refractivity contribution in [3.05, 3.63) is 132 Å². The highest BCUT2D eigenvalue weighted by molar-refractivity contribution is 6.02. The van der Waals surface area contributed by atoms with Crippen molar-refractivity contribution in [1.29, 1.82) is 0 Å². The van der Waals surface area contributed by atoms with E-state index < -0.39 is 30.1 Å². The number of carboxylic acid groups (broad SMARTS) is 1. The summed E-state index contributed by atoms with van der Waals surface area (Å²) in [6, 6.07) is 24.5. The summed E-state index contributed by atoms with van der Waals surface area (Å²) in [7, 11) is 3.23. The summed E-state index contributed by atoms with van der Waals surface area (Å²) in [6.07, 6.45) is 3.09. The molecule has 3 amide bonds. The van der Waals surface area contributed by atoms with Gasteiger partial charge in [-0.3, -0.25) is 24.2 Å². The van der Waals surface area contributed by atoms with Crippen LogP contribution in [-0.2, 0) is 22.4 Å². The average molecular weight is 841 g/mol. The maximum Gasteiger partial charge on any atom is 0.377 e. The second kappa shape index (κ2) is 19.9. The van der Waals surface area contributed by atoms with Crippen molar-refractivity contribution in [3.63, 3.8) is 0 Å². The Balaban J connectivity index is 0.000000186. The topological polar surface area (TPSA) is 255 Å². The predicted molar refractivity (Wildman–Crippen MR) is 216 cm³/mol. The summed E-state index contributed by atoms with van der Waals surface area (Å²) >= 11 is 0. The first-order valence-corrected chi connectivity index (χ1v) is 18.2. The van der Waals surface area contributed by atoms with Gasteiger partial charge in [-0.05, 0) is 54.4 Å². The molecule has 19 nitrogen and oxygen atoms in total. The Hall–Kier alpha value is -7.25. The normalized spacial score (nSPS) is 17.9. The van der Waals surface area contributed by atoms with Gasteiger partial charge in [-0.2, -0.15) is 9.97 Å². The number of carbonyl (C=O) groups excluding carboxylic acids is 3. The standard InChI is InChI=1S/C20H19N5O4.C10H13N3O2.C10H8N2O3.ClH/c1-12-16(20(27)25(2)18-14(28-12)9-6-10-21-18)23-19(26)17-22-15(29-24-17)11-13-7-4-3-5-8-13;1-6-8(11)10(14)13(2)9-7(15-6)4-3-5-12-9;13-10(14)9-11-8(15-12-9)6-7-4-2-1-3-5-7;/h3-10,12,16H,11H2,1-2H3,(H,23,26);3-6,8H,11H2,1-2H3;1-5H,6H2,(H,13,14);1H/t12-,16+;6-,8+;;/m11../s1. The second-order valence-electron chi connectivity index (χ2n) is 13.2. The van der Waals surface area contributed by atoms with Crippen molar-refractivity contribution in [2.45, 2.75) is 51.0 Å². The molecule has 2 aliphatic rings. The van der Waals surface area contributed by atoms with Gasteiger partial charge in [0, 0.05) is 26.5 Å². The zero-order valence-corrected chi connectivity index (χ0v) is 33.6. The van der Waals surface area contributed by atoms with Crippen LogP contribution in [0.4, 0.5) is 11.6 Å². The number of nitrogens with one attached hydrogen (secondary N) is 1. The number of carbonyl (C=O) groups is 4. The number of aromatic nitrogens is 6. The quantitative estimate of drug-likeness (QED) is 0.208. The summed E-state index contributed by atoms with van der Waals surface area (Å²) < 4.78 is 21.3. The Morgan fingerprint density at radius 3 is 1.67 bits per heavy atom. The number of ether oxygens (including phenoxy) is 2. The predicted octanol–water partition coefficient (Wildman–Crippen LogP) is 3.53. The van der Waals surface area contributed by atoms with E-state index in [2.05, 4.69) is 35.6 Å². The number of likely N-dealkylation sites (N-methyl/N-ethyl adjacent to an activating group) is 2. The number of anilines is 2. The number of rotatable bonds is 7. The van der Waals surface area contributed by atoms with Crippen LogP contribution in [0, 0.1) is 0 Å². The summed E-state index contributed by atoms with van der Waals surface area (Å²) in [4.78, 5) is 66.7. The minimum atomic E-state index is -1.18. The van der Waals surface area contributed by atoms with Gasteiger partial charge in [0.2, 0.25) is 17.7 Å². The summed E-state index contributed by atoms with van der Waals surface area (Å²) in [6.45, 7) is 3.48. The highest BCUT2D eigenvalue weighted by Gasteiger charge is 2.37. The summed E-state index contributed by atoms with van der Waals surface area (Å²) in [5.74, 6) is -0.188. The molecule has 0 spiro atoms. The molecular weight excluding hydrogens is 800 g/mol. The van der Waals surface area contributed by atoms with Gasteiger partial charge >= 0.3 is 5.97 Å². The Bertz CT molecular complexity index is 2400. The van der Waals surface area contributed by atoms with E-state index in [9.17, 15) is 19.2 Å². The molecule has 4 aromatic heterocycles. The van der Waals surface area contributed by atoms with Crippen molar-refractivity contribution in [2.24, 2.45) is 5.73 Å². The molecule has 0 bridgehead atoms. The van der Waals surface area contributed by atoms with Crippen LogP contribution in [-0.4, -0.2) is 97.4 Å². The zero-order valence-electron chi connectivity index (χ0n) is 32.7. The van der Waals surface area contributed by atoms with Gasteiger partial charge in [-0.25, -0.2) is 14.8 Å². The van der Waals surface area contributed by atoms with E-state index in [1.54, 1.807) is 64.6 Å². The molecule has 60 heavy (non-hydrogen) atoms. The summed E-state index contributed by atoms with van der Waals surface area (Å²) in [5.41, 5.74) is 7.73. The van der Waals surface area contributed by atoms with Gasteiger partial charge in [-0.15, -0.1) is 12.4 Å². The molecule has 312 valence electrons. The van der Waals surface area contributed by atoms with Crippen molar-refractivity contribution in [2.75, 3.05) is 23.9 Å². The van der Waals surface area contributed by atoms with Crippen LogP contribution in [0.1, 0.15) is 58.0 Å². The Kier molecular flexibility index (Phi) is 14.6. The molecule has 0 unspecified atom stereocenters. The molecule has 6 heterocycles. The molecule has 4 atom stereocenters. The lowest BCUT2D eigenvalue weighted by molar-refractivity contribution is -0.122. The number of pyridine rings is 2. The number of aromatic carboxylic acids is 1. The molecule has 0 aliphatic carbocycles. The number of carboxylic acids is 1. The number of benzene rings is 2. The molecule has 20 heteroatoms. The Morgan fingerprint density at radius 1 is 0.700 bits per heavy atom. The third kappa shape index (κ3) is 10.6. The smallest absolute Gasteiger partial charge is 0.377 e. The number of amides is 3. The molecule has 6 aromatic rings. The van der Waals surface area contributed by atoms with Gasteiger partial charge in [0.25, 0.3) is 23.5 Å². The molecular formula is C40H41ClN10O9. The highest BCUT2D eigenvalue weighted by atomic mass is 35.5. The van der Waals surface area contributed by atoms with Crippen LogP contribution in [0.15, 0.2) is 106 Å². The van der Waals surface area contributed by atoms with E-state index in [1.165, 1.54) is 9.80 Å². The van der Waals surface area contributed by atoms with E-state index in [-0.39, 0.29) is 42.0 Å². The number of hydrogen-bond donors (Lipinski definition) is 3. The molecule has 0 fully saturated rings. The van der Waals surface area contributed by atoms with Crippen molar-refractivity contribution in [1.82, 2.24) is 35.6 Å². The highest BCUT2D eigenvalue weighted by Crippen LogP contribution is 2.30. The molecule has 4 N–H and O–H groups in total. The molecule has 0 saturated carbocycles. The first kappa shape index (κ1) is 43.9. The molecule has 2 aromatic carbocycles. The van der Waals surface area contributed by atoms with E-state index in [4.69, 9.17) is 29.4 Å². The van der Waals surface area contributed by atoms with Crippen LogP contribution in [0.25, 0.3) is 0 Å². The number of nitrogens with two attached hydrogens (primary N) is 1. The van der Waals surface area contributed by atoms with E-state index in [0.717, 1.165) is 11.1 Å². The van der Waals surface area contributed by atoms with Crippen LogP contribution in [0.3, 0.4) is 0 Å². The lowest BCUT2D eigenvalue weighted by Gasteiger charge is -2.22. The minimum Gasteiger partial charge on any atom is -0.485 e. The number of nitrogens with zero attached hydrogens (tertiary/aromatic N) is 8. The molecule has 8 rings (SSSR count). The molecule has 0 radical (unpaired) electrons. The SMILES string of the molecule is C[C@H]1Oc2cccnc2N(C)C(=O)[C@H]1N.C[C@H]1Oc2cccnc2N(C)C(=O)[C@H]1NC(=O)c1noc(Cc2ccccc2)n1.Cl.O=C(O)c1noc(Cc2ccccc2)n1. The molecule has 2 aliphatic heterocycles. The fourth-order valence-corrected chi connectivity index (χ4v) is 5.79. The van der Waals surface area contributed by atoms with Crippen LogP contribution in [0.5, 0.6) is 11.5 Å². The fourth-order valence-electron chi connectivity index (χ4n) is 5.79. The first-order chi connectivity index (χ1) is 28.4. The van der Waals surface area contributed by atoms with E-state index in [0.29, 0.717) is 47.8 Å². The Morgan fingerprint density at radius 2 is 1.17 bits per heavy atom. The van der Waals surface area contributed by atoms with Gasteiger partial charge < -0.3 is 34.7 Å². The van der Waals surface area contributed by atoms with Gasteiger partial charge in [0.05, 0.1) is 12.8 Å².